The van der Waals surface area contributed by atoms with E-state index in [1.807, 2.05) is 6.92 Å². The van der Waals surface area contributed by atoms with Gasteiger partial charge in [-0.3, -0.25) is 0 Å². The van der Waals surface area contributed by atoms with Gasteiger partial charge in [0.2, 0.25) is 0 Å². The molecule has 1 saturated heterocycles. The Bertz CT molecular complexity index is 367. The van der Waals surface area contributed by atoms with Crippen LogP contribution in [0.1, 0.15) is 31.9 Å². The number of anilines is 1. The normalized spacial score (nSPS) is 19.5. The topological polar surface area (TPSA) is 47.0 Å². The molecular weight excluding hydrogens is 221 g/mol. The van der Waals surface area contributed by atoms with Crippen LogP contribution in [0.4, 0.5) is 10.2 Å². The lowest BCUT2D eigenvalue weighted by Gasteiger charge is -2.11. The highest BCUT2D eigenvalue weighted by Gasteiger charge is 2.15. The molecule has 0 bridgehead atoms. The minimum Gasteiger partial charge on any atom is -0.378 e. The molecule has 0 spiro atoms. The van der Waals surface area contributed by atoms with Crippen molar-refractivity contribution in [1.82, 2.24) is 9.97 Å². The van der Waals surface area contributed by atoms with Crippen LogP contribution in [0.2, 0.25) is 0 Å². The molecule has 1 aliphatic heterocycles. The summed E-state index contributed by atoms with van der Waals surface area (Å²) in [4.78, 5) is 7.81. The second-order valence-corrected chi connectivity index (χ2v) is 4.19. The van der Waals surface area contributed by atoms with Gasteiger partial charge in [-0.2, -0.15) is 0 Å². The third-order valence-electron chi connectivity index (χ3n) is 2.98. The van der Waals surface area contributed by atoms with Crippen LogP contribution in [0, 0.1) is 5.82 Å². The summed E-state index contributed by atoms with van der Waals surface area (Å²) in [5.74, 6) is -0.0304. The zero-order valence-electron chi connectivity index (χ0n) is 10.1. The molecule has 1 fully saturated rings. The number of nitrogens with zero attached hydrogens (tertiary/aromatic N) is 2. The quantitative estimate of drug-likeness (QED) is 0.855. The maximum Gasteiger partial charge on any atom is 0.186 e. The molecular formula is C12H18FN3O. The molecule has 1 aromatic heterocycles. The van der Waals surface area contributed by atoms with Gasteiger partial charge < -0.3 is 10.1 Å². The first kappa shape index (κ1) is 12.2. The van der Waals surface area contributed by atoms with E-state index in [0.717, 1.165) is 25.9 Å². The number of aromatic nitrogens is 2. The fourth-order valence-corrected chi connectivity index (χ4v) is 2.00. The highest BCUT2D eigenvalue weighted by molar-refractivity contribution is 5.37. The first-order valence-electron chi connectivity index (χ1n) is 6.16. The fourth-order valence-electron chi connectivity index (χ4n) is 2.00. The SMILES string of the molecule is CCc1ncnc(NCCC2CCCO2)c1F. The largest absolute Gasteiger partial charge is 0.378 e. The maximum atomic E-state index is 13.8. The van der Waals surface area contributed by atoms with Gasteiger partial charge >= 0.3 is 0 Å². The highest BCUT2D eigenvalue weighted by Crippen LogP contribution is 2.17. The van der Waals surface area contributed by atoms with Crippen molar-refractivity contribution in [1.29, 1.82) is 0 Å². The molecule has 1 aromatic rings. The molecule has 2 heterocycles. The zero-order valence-corrected chi connectivity index (χ0v) is 10.1. The Morgan fingerprint density at radius 1 is 1.53 bits per heavy atom. The molecule has 0 aliphatic carbocycles. The van der Waals surface area contributed by atoms with Crippen LogP contribution in [0.5, 0.6) is 0 Å². The Kier molecular flexibility index (Phi) is 4.25. The predicted octanol–water partition coefficient (Wildman–Crippen LogP) is 2.16. The molecule has 1 N–H and O–H groups in total. The molecule has 0 aromatic carbocycles. The smallest absolute Gasteiger partial charge is 0.186 e. The van der Waals surface area contributed by atoms with E-state index in [0.29, 0.717) is 30.6 Å². The van der Waals surface area contributed by atoms with E-state index in [-0.39, 0.29) is 5.82 Å². The first-order valence-corrected chi connectivity index (χ1v) is 6.16. The van der Waals surface area contributed by atoms with Gasteiger partial charge in [-0.15, -0.1) is 0 Å². The lowest BCUT2D eigenvalue weighted by atomic mass is 10.2. The van der Waals surface area contributed by atoms with E-state index in [1.165, 1.54) is 6.33 Å². The number of nitrogens with one attached hydrogen (secondary N) is 1. The maximum absolute atomic E-state index is 13.8. The summed E-state index contributed by atoms with van der Waals surface area (Å²) in [6.45, 7) is 3.41. The van der Waals surface area contributed by atoms with E-state index in [9.17, 15) is 4.39 Å². The molecule has 1 unspecified atom stereocenters. The fraction of sp³-hybridized carbons (Fsp3) is 0.667. The molecule has 2 rings (SSSR count). The minimum atomic E-state index is -0.331. The molecule has 1 aliphatic rings. The van der Waals surface area contributed by atoms with Crippen LogP contribution in [-0.4, -0.2) is 29.2 Å². The Balaban J connectivity index is 1.85. The van der Waals surface area contributed by atoms with Crippen molar-refractivity contribution in [3.05, 3.63) is 17.8 Å². The summed E-state index contributed by atoms with van der Waals surface area (Å²) in [5, 5.41) is 3.01. The van der Waals surface area contributed by atoms with Gasteiger partial charge in [0.1, 0.15) is 6.33 Å². The molecule has 0 radical (unpaired) electrons. The van der Waals surface area contributed by atoms with Crippen LogP contribution in [0.15, 0.2) is 6.33 Å². The molecule has 5 heteroatoms. The number of aryl methyl sites for hydroxylation is 1. The summed E-state index contributed by atoms with van der Waals surface area (Å²) in [7, 11) is 0. The van der Waals surface area contributed by atoms with Crippen molar-refractivity contribution in [3.63, 3.8) is 0 Å². The molecule has 0 saturated carbocycles. The average Bonchev–Trinajstić information content (AvgIpc) is 2.84. The van der Waals surface area contributed by atoms with E-state index >= 15 is 0 Å². The van der Waals surface area contributed by atoms with Crippen LogP contribution >= 0.6 is 0 Å². The standard InChI is InChI=1S/C12H18FN3O/c1-2-10-11(13)12(16-8-15-10)14-6-5-9-4-3-7-17-9/h8-9H,2-7H2,1H3,(H,14,15,16). The summed E-state index contributed by atoms with van der Waals surface area (Å²) in [6, 6.07) is 0. The molecule has 94 valence electrons. The number of hydrogen-bond donors (Lipinski definition) is 1. The number of ether oxygens (including phenoxy) is 1. The van der Waals surface area contributed by atoms with Gasteiger partial charge in [0, 0.05) is 13.2 Å². The number of rotatable bonds is 5. The molecule has 17 heavy (non-hydrogen) atoms. The Labute approximate surface area is 101 Å². The zero-order chi connectivity index (χ0) is 12.1. The van der Waals surface area contributed by atoms with Gasteiger partial charge in [0.15, 0.2) is 11.6 Å². The second-order valence-electron chi connectivity index (χ2n) is 4.19. The Morgan fingerprint density at radius 3 is 3.12 bits per heavy atom. The van der Waals surface area contributed by atoms with Crippen LogP contribution in [0.3, 0.4) is 0 Å². The van der Waals surface area contributed by atoms with E-state index < -0.39 is 0 Å². The monoisotopic (exact) mass is 239 g/mol. The van der Waals surface area contributed by atoms with Crippen molar-refractivity contribution in [3.8, 4) is 0 Å². The van der Waals surface area contributed by atoms with Gasteiger partial charge in [-0.25, -0.2) is 14.4 Å². The minimum absolute atomic E-state index is 0.301. The van der Waals surface area contributed by atoms with Gasteiger partial charge in [0.25, 0.3) is 0 Å². The Morgan fingerprint density at radius 2 is 2.41 bits per heavy atom. The first-order chi connectivity index (χ1) is 8.31. The van der Waals surface area contributed by atoms with Gasteiger partial charge in [0.05, 0.1) is 11.8 Å². The van der Waals surface area contributed by atoms with Gasteiger partial charge in [-0.05, 0) is 25.7 Å². The van der Waals surface area contributed by atoms with E-state index in [1.54, 1.807) is 0 Å². The summed E-state index contributed by atoms with van der Waals surface area (Å²) < 4.78 is 19.3. The van der Waals surface area contributed by atoms with Crippen molar-refractivity contribution >= 4 is 5.82 Å². The van der Waals surface area contributed by atoms with Crippen LogP contribution < -0.4 is 5.32 Å². The lowest BCUT2D eigenvalue weighted by molar-refractivity contribution is 0.107. The van der Waals surface area contributed by atoms with Crippen molar-refractivity contribution in [2.24, 2.45) is 0 Å². The summed E-state index contributed by atoms with van der Waals surface area (Å²) >= 11 is 0. The van der Waals surface area contributed by atoms with Crippen LogP contribution in [-0.2, 0) is 11.2 Å². The molecule has 0 amide bonds. The lowest BCUT2D eigenvalue weighted by Crippen LogP contribution is -2.14. The molecule has 1 atom stereocenters. The van der Waals surface area contributed by atoms with Crippen LogP contribution in [0.25, 0.3) is 0 Å². The highest BCUT2D eigenvalue weighted by atomic mass is 19.1. The summed E-state index contributed by atoms with van der Waals surface area (Å²) in [6.07, 6.45) is 5.43. The van der Waals surface area contributed by atoms with Crippen molar-refractivity contribution in [2.45, 2.75) is 38.7 Å². The summed E-state index contributed by atoms with van der Waals surface area (Å²) in [5.41, 5.74) is 0.458. The van der Waals surface area contributed by atoms with E-state index in [2.05, 4.69) is 15.3 Å². The van der Waals surface area contributed by atoms with Crippen molar-refractivity contribution in [2.75, 3.05) is 18.5 Å². The van der Waals surface area contributed by atoms with Crippen molar-refractivity contribution < 1.29 is 9.13 Å². The second kappa shape index (κ2) is 5.91. The molecule has 4 nitrogen and oxygen atoms in total. The number of halogens is 1. The third kappa shape index (κ3) is 3.12. The predicted molar refractivity (Wildman–Crippen MR) is 63.4 cm³/mol. The average molecular weight is 239 g/mol. The Hall–Kier alpha value is -1.23. The number of hydrogen-bond acceptors (Lipinski definition) is 4. The third-order valence-corrected chi connectivity index (χ3v) is 2.98. The van der Waals surface area contributed by atoms with E-state index in [4.69, 9.17) is 4.74 Å². The van der Waals surface area contributed by atoms with Gasteiger partial charge in [-0.1, -0.05) is 6.92 Å².